The lowest BCUT2D eigenvalue weighted by molar-refractivity contribution is 0.0402. The molecule has 5 aromatic carbocycles. The van der Waals surface area contributed by atoms with Crippen LogP contribution >= 0.6 is 0 Å². The Kier molecular flexibility index (Phi) is 8.75. The molecular weight excluding hydrogens is 864 g/mol. The molecular formula is C32BF23O2. The van der Waals surface area contributed by atoms with Gasteiger partial charge < -0.3 is 9.31 Å². The molecule has 0 atom stereocenters. The van der Waals surface area contributed by atoms with Crippen molar-refractivity contribution in [3.05, 3.63) is 133 Å². The highest BCUT2D eigenvalue weighted by Crippen LogP contribution is 2.60. The smallest absolute Gasteiger partial charge is 0.519 e. The second kappa shape index (κ2) is 12.6. The van der Waals surface area contributed by atoms with Crippen molar-refractivity contribution in [3.63, 3.8) is 0 Å². The molecule has 2 aliphatic rings. The van der Waals surface area contributed by atoms with Crippen LogP contribution in [0.25, 0.3) is 22.3 Å². The number of alkyl halides is 4. The van der Waals surface area contributed by atoms with Crippen molar-refractivity contribution < 1.29 is 110 Å². The Labute approximate surface area is 301 Å². The summed E-state index contributed by atoms with van der Waals surface area (Å²) >= 11 is 0. The Morgan fingerprint density at radius 2 is 0.483 bits per heavy atom. The predicted molar refractivity (Wildman–Crippen MR) is 142 cm³/mol. The van der Waals surface area contributed by atoms with Crippen LogP contribution in [0.3, 0.4) is 0 Å². The molecule has 0 N–H and O–H groups in total. The standard InChI is InChI=1S/C32BF23O2/c34-10-1-3-7(31(53,54)5(1)14(38)22(46)18(10)42)29(27(51)20(44)12(3)36)57-33(9-16(40)24(48)26(50)25(49)17(9)41)58-30-8-4(13(37)21(45)28(30)52)2-6(32(8,55)56)15(39)23(47)19(43)11(2)35. The third kappa shape index (κ3) is 4.84. The molecule has 0 saturated carbocycles. The van der Waals surface area contributed by atoms with Gasteiger partial charge in [0, 0.05) is 22.3 Å². The van der Waals surface area contributed by atoms with Crippen LogP contribution in [0.5, 0.6) is 11.5 Å². The quantitative estimate of drug-likeness (QED) is 0.0759. The van der Waals surface area contributed by atoms with E-state index in [1.165, 1.54) is 0 Å². The molecule has 2 nitrogen and oxygen atoms in total. The molecule has 0 fully saturated rings. The van der Waals surface area contributed by atoms with Crippen molar-refractivity contribution in [1.82, 2.24) is 0 Å². The van der Waals surface area contributed by atoms with Gasteiger partial charge in [-0.25, -0.2) is 74.6 Å². The summed E-state index contributed by atoms with van der Waals surface area (Å²) in [4.78, 5) is 0. The average molecular weight is 864 g/mol. The Morgan fingerprint density at radius 3 is 0.793 bits per heavy atom. The van der Waals surface area contributed by atoms with Gasteiger partial charge in [-0.1, -0.05) is 0 Å². The van der Waals surface area contributed by atoms with E-state index < -0.39 is 191 Å². The fraction of sp³-hybridized carbons (Fsp3) is 0.0625. The molecule has 0 saturated heterocycles. The van der Waals surface area contributed by atoms with Gasteiger partial charge in [-0.15, -0.1) is 0 Å². The zero-order chi connectivity index (χ0) is 43.3. The van der Waals surface area contributed by atoms with Crippen molar-refractivity contribution >= 4 is 12.6 Å². The largest absolute Gasteiger partial charge is 0.639 e. The molecule has 58 heavy (non-hydrogen) atoms. The van der Waals surface area contributed by atoms with E-state index >= 15 is 43.9 Å². The van der Waals surface area contributed by atoms with E-state index in [9.17, 15) is 57.1 Å². The van der Waals surface area contributed by atoms with Crippen LogP contribution in [0.1, 0.15) is 22.3 Å². The molecule has 2 aliphatic carbocycles. The summed E-state index contributed by atoms with van der Waals surface area (Å²) in [6.45, 7) is 0. The summed E-state index contributed by atoms with van der Waals surface area (Å²) in [5.74, 6) is -77.8. The summed E-state index contributed by atoms with van der Waals surface area (Å²) in [7, 11) is -4.48. The number of hydrogen-bond donors (Lipinski definition) is 0. The molecule has 7 rings (SSSR count). The van der Waals surface area contributed by atoms with Crippen LogP contribution in [0.15, 0.2) is 0 Å². The molecule has 0 spiro atoms. The number of halogens is 23. The first kappa shape index (κ1) is 40.4. The Morgan fingerprint density at radius 1 is 0.259 bits per heavy atom. The molecule has 0 aromatic heterocycles. The second-order valence-corrected chi connectivity index (χ2v) is 11.8. The maximum absolute atomic E-state index is 15.8. The minimum absolute atomic E-state index is 2.49. The summed E-state index contributed by atoms with van der Waals surface area (Å²) in [5, 5.41) is 0. The predicted octanol–water partition coefficient (Wildman–Crippen LogP) is 10.4. The summed E-state index contributed by atoms with van der Waals surface area (Å²) < 4.78 is 352. The van der Waals surface area contributed by atoms with Crippen molar-refractivity contribution in [2.75, 3.05) is 0 Å². The molecule has 0 bridgehead atoms. The topological polar surface area (TPSA) is 18.5 Å². The molecule has 0 aliphatic heterocycles. The molecule has 5 aromatic rings. The normalized spacial score (nSPS) is 14.4. The average Bonchev–Trinajstić information content (AvgIpc) is 3.57. The minimum atomic E-state index is -5.80. The number of rotatable bonds is 5. The van der Waals surface area contributed by atoms with Gasteiger partial charge in [-0.2, -0.15) is 26.3 Å². The lowest BCUT2D eigenvalue weighted by atomic mass is 9.76. The number of fused-ring (bicyclic) bond motifs is 6. The third-order valence-electron chi connectivity index (χ3n) is 8.78. The van der Waals surface area contributed by atoms with Crippen LogP contribution in [-0.4, -0.2) is 7.12 Å². The van der Waals surface area contributed by atoms with Gasteiger partial charge in [0.1, 0.15) is 0 Å². The SMILES string of the molecule is Fc1c(F)c(F)c(B(Oc2c(F)c(F)c(F)c3c2C(F)(F)c2c(F)c(F)c(F)c(F)c2-3)Oc2c(F)c(F)c(F)c3c2C(F)(F)c2c(F)c(F)c(F)c(F)c2-3)c(F)c1F. The van der Waals surface area contributed by atoms with Gasteiger partial charge in [0.2, 0.25) is 11.6 Å². The lowest BCUT2D eigenvalue weighted by Crippen LogP contribution is -2.48. The number of hydrogen-bond acceptors (Lipinski definition) is 2. The highest BCUT2D eigenvalue weighted by molar-refractivity contribution is 6.63. The van der Waals surface area contributed by atoms with Crippen LogP contribution in [0.2, 0.25) is 0 Å². The maximum Gasteiger partial charge on any atom is 0.639 e. The summed E-state index contributed by atoms with van der Waals surface area (Å²) in [5.41, 5.74) is -24.6. The number of benzene rings is 5. The summed E-state index contributed by atoms with van der Waals surface area (Å²) in [6.07, 6.45) is 0. The van der Waals surface area contributed by atoms with Gasteiger partial charge >= 0.3 is 19.0 Å². The first-order valence-corrected chi connectivity index (χ1v) is 14.5. The van der Waals surface area contributed by atoms with Gasteiger partial charge in [-0.3, -0.25) is 0 Å². The van der Waals surface area contributed by atoms with Crippen molar-refractivity contribution in [2.45, 2.75) is 11.8 Å². The molecule has 0 amide bonds. The fourth-order valence-electron chi connectivity index (χ4n) is 6.32. The van der Waals surface area contributed by atoms with Crippen molar-refractivity contribution in [2.24, 2.45) is 0 Å². The van der Waals surface area contributed by atoms with Crippen LogP contribution in [0.4, 0.5) is 101 Å². The van der Waals surface area contributed by atoms with Crippen molar-refractivity contribution in [1.29, 1.82) is 0 Å². The van der Waals surface area contributed by atoms with Crippen LogP contribution in [-0.2, 0) is 11.8 Å². The first-order valence-electron chi connectivity index (χ1n) is 14.5. The lowest BCUT2D eigenvalue weighted by Gasteiger charge is -2.25. The van der Waals surface area contributed by atoms with E-state index in [0.717, 1.165) is 0 Å². The fourth-order valence-corrected chi connectivity index (χ4v) is 6.32. The summed E-state index contributed by atoms with van der Waals surface area (Å²) in [6, 6.07) is 0. The molecule has 0 radical (unpaired) electrons. The Hall–Kier alpha value is -5.85. The monoisotopic (exact) mass is 864 g/mol. The van der Waals surface area contributed by atoms with E-state index in [-0.39, 0.29) is 0 Å². The van der Waals surface area contributed by atoms with E-state index in [0.29, 0.717) is 0 Å². The minimum Gasteiger partial charge on any atom is -0.519 e. The van der Waals surface area contributed by atoms with Crippen molar-refractivity contribution in [3.8, 4) is 33.8 Å². The molecule has 0 unspecified atom stereocenters. The van der Waals surface area contributed by atoms with E-state index in [4.69, 9.17) is 0 Å². The van der Waals surface area contributed by atoms with Gasteiger partial charge in [0.15, 0.2) is 110 Å². The zero-order valence-electron chi connectivity index (χ0n) is 26.1. The van der Waals surface area contributed by atoms with E-state index in [1.807, 2.05) is 0 Å². The second-order valence-electron chi connectivity index (χ2n) is 11.8. The van der Waals surface area contributed by atoms with E-state index in [2.05, 4.69) is 9.31 Å². The highest BCUT2D eigenvalue weighted by atomic mass is 19.3. The maximum atomic E-state index is 15.8. The van der Waals surface area contributed by atoms with Gasteiger partial charge in [0.25, 0.3) is 0 Å². The van der Waals surface area contributed by atoms with Crippen LogP contribution in [0, 0.1) is 111 Å². The third-order valence-corrected chi connectivity index (χ3v) is 8.78. The zero-order valence-corrected chi connectivity index (χ0v) is 26.1. The van der Waals surface area contributed by atoms with Crippen LogP contribution < -0.4 is 14.8 Å². The Bertz CT molecular complexity index is 2570. The molecule has 0 heterocycles. The Balaban J connectivity index is 1.58. The van der Waals surface area contributed by atoms with Gasteiger partial charge in [-0.05, 0) is 0 Å². The molecule has 304 valence electrons. The first-order chi connectivity index (χ1) is 26.8. The van der Waals surface area contributed by atoms with E-state index in [1.54, 1.807) is 0 Å². The molecule has 26 heteroatoms. The highest BCUT2D eigenvalue weighted by Gasteiger charge is 2.58. The van der Waals surface area contributed by atoms with Gasteiger partial charge in [0.05, 0.1) is 27.7 Å².